The summed E-state index contributed by atoms with van der Waals surface area (Å²) in [5.41, 5.74) is 1.44. The SMILES string of the molecule is CN=C(NC1CCCC(C)C1)NC1CC1c1ccccc1. The average Bonchev–Trinajstić information content (AvgIpc) is 3.27. The third-order valence-corrected chi connectivity index (χ3v) is 4.84. The lowest BCUT2D eigenvalue weighted by molar-refractivity contribution is 0.324. The Kier molecular flexibility index (Phi) is 4.47. The van der Waals surface area contributed by atoms with Crippen LogP contribution in [0.25, 0.3) is 0 Å². The van der Waals surface area contributed by atoms with Gasteiger partial charge in [0.15, 0.2) is 5.96 Å². The van der Waals surface area contributed by atoms with Crippen molar-refractivity contribution in [1.82, 2.24) is 10.6 Å². The zero-order chi connectivity index (χ0) is 14.7. The molecule has 0 radical (unpaired) electrons. The first-order valence-electron chi connectivity index (χ1n) is 8.31. The summed E-state index contributed by atoms with van der Waals surface area (Å²) < 4.78 is 0. The molecule has 1 aromatic rings. The van der Waals surface area contributed by atoms with Crippen molar-refractivity contribution in [3.63, 3.8) is 0 Å². The summed E-state index contributed by atoms with van der Waals surface area (Å²) in [4.78, 5) is 4.41. The van der Waals surface area contributed by atoms with Gasteiger partial charge in [0.2, 0.25) is 0 Å². The van der Waals surface area contributed by atoms with Crippen molar-refractivity contribution in [2.24, 2.45) is 10.9 Å². The highest BCUT2D eigenvalue weighted by Crippen LogP contribution is 2.40. The molecule has 0 aliphatic heterocycles. The van der Waals surface area contributed by atoms with E-state index < -0.39 is 0 Å². The van der Waals surface area contributed by atoms with E-state index in [-0.39, 0.29) is 0 Å². The number of aliphatic imine (C=N–C) groups is 1. The lowest BCUT2D eigenvalue weighted by atomic mass is 9.87. The summed E-state index contributed by atoms with van der Waals surface area (Å²) in [7, 11) is 1.88. The Hall–Kier alpha value is -1.51. The van der Waals surface area contributed by atoms with Crippen LogP contribution in [0.1, 0.15) is 50.5 Å². The van der Waals surface area contributed by atoms with Crippen molar-refractivity contribution in [2.45, 2.75) is 57.0 Å². The number of rotatable bonds is 3. The lowest BCUT2D eigenvalue weighted by Crippen LogP contribution is -2.46. The molecule has 3 rings (SSSR count). The van der Waals surface area contributed by atoms with Gasteiger partial charge in [0, 0.05) is 25.0 Å². The van der Waals surface area contributed by atoms with Gasteiger partial charge in [-0.3, -0.25) is 4.99 Å². The molecular formula is C18H27N3. The zero-order valence-corrected chi connectivity index (χ0v) is 13.2. The fourth-order valence-corrected chi connectivity index (χ4v) is 3.53. The second kappa shape index (κ2) is 6.50. The molecule has 4 atom stereocenters. The van der Waals surface area contributed by atoms with Crippen molar-refractivity contribution in [3.8, 4) is 0 Å². The van der Waals surface area contributed by atoms with Crippen LogP contribution in [0, 0.1) is 5.92 Å². The molecule has 1 aromatic carbocycles. The minimum atomic E-state index is 0.541. The molecule has 0 spiro atoms. The van der Waals surface area contributed by atoms with E-state index in [0.717, 1.165) is 11.9 Å². The van der Waals surface area contributed by atoms with E-state index in [1.165, 1.54) is 37.7 Å². The number of benzene rings is 1. The van der Waals surface area contributed by atoms with Crippen LogP contribution < -0.4 is 10.6 Å². The molecule has 2 aliphatic rings. The summed E-state index contributed by atoms with van der Waals surface area (Å²) in [6, 6.07) is 11.9. The average molecular weight is 285 g/mol. The van der Waals surface area contributed by atoms with E-state index in [4.69, 9.17) is 0 Å². The molecule has 3 heteroatoms. The molecule has 2 saturated carbocycles. The van der Waals surface area contributed by atoms with Crippen molar-refractivity contribution >= 4 is 5.96 Å². The van der Waals surface area contributed by atoms with E-state index in [2.05, 4.69) is 52.9 Å². The first-order valence-corrected chi connectivity index (χ1v) is 8.31. The van der Waals surface area contributed by atoms with Crippen LogP contribution in [-0.4, -0.2) is 25.1 Å². The summed E-state index contributed by atoms with van der Waals surface area (Å²) in [5, 5.41) is 7.21. The van der Waals surface area contributed by atoms with E-state index >= 15 is 0 Å². The van der Waals surface area contributed by atoms with Crippen molar-refractivity contribution in [2.75, 3.05) is 7.05 Å². The van der Waals surface area contributed by atoms with Crippen LogP contribution in [0.15, 0.2) is 35.3 Å². The second-order valence-corrected chi connectivity index (χ2v) is 6.69. The van der Waals surface area contributed by atoms with Crippen molar-refractivity contribution in [1.29, 1.82) is 0 Å². The van der Waals surface area contributed by atoms with Crippen LogP contribution in [0.3, 0.4) is 0 Å². The summed E-state index contributed by atoms with van der Waals surface area (Å²) in [6.45, 7) is 2.36. The quantitative estimate of drug-likeness (QED) is 0.660. The number of hydrogen-bond donors (Lipinski definition) is 2. The minimum Gasteiger partial charge on any atom is -0.354 e. The van der Waals surface area contributed by atoms with Gasteiger partial charge in [0.25, 0.3) is 0 Å². The third kappa shape index (κ3) is 3.78. The number of nitrogens with zero attached hydrogens (tertiary/aromatic N) is 1. The van der Waals surface area contributed by atoms with Crippen LogP contribution in [-0.2, 0) is 0 Å². The second-order valence-electron chi connectivity index (χ2n) is 6.69. The van der Waals surface area contributed by atoms with Gasteiger partial charge in [-0.25, -0.2) is 0 Å². The monoisotopic (exact) mass is 285 g/mol. The van der Waals surface area contributed by atoms with Gasteiger partial charge in [-0.1, -0.05) is 50.1 Å². The number of hydrogen-bond acceptors (Lipinski definition) is 1. The number of nitrogens with one attached hydrogen (secondary N) is 2. The van der Waals surface area contributed by atoms with Crippen LogP contribution >= 0.6 is 0 Å². The molecule has 0 heterocycles. The first kappa shape index (κ1) is 14.4. The maximum Gasteiger partial charge on any atom is 0.191 e. The molecule has 2 aliphatic carbocycles. The predicted octanol–water partition coefficient (Wildman–Crippen LogP) is 3.29. The molecular weight excluding hydrogens is 258 g/mol. The molecule has 0 saturated heterocycles. The molecule has 2 N–H and O–H groups in total. The Labute approximate surface area is 128 Å². The van der Waals surface area contributed by atoms with E-state index in [1.54, 1.807) is 0 Å². The lowest BCUT2D eigenvalue weighted by Gasteiger charge is -2.28. The molecule has 0 amide bonds. The molecule has 114 valence electrons. The molecule has 21 heavy (non-hydrogen) atoms. The van der Waals surface area contributed by atoms with Crippen molar-refractivity contribution < 1.29 is 0 Å². The van der Waals surface area contributed by atoms with Crippen molar-refractivity contribution in [3.05, 3.63) is 35.9 Å². The predicted molar refractivity (Wildman–Crippen MR) is 88.6 cm³/mol. The Bertz CT molecular complexity index is 482. The Morgan fingerprint density at radius 3 is 2.62 bits per heavy atom. The maximum atomic E-state index is 4.41. The summed E-state index contributed by atoms with van der Waals surface area (Å²) in [6.07, 6.45) is 6.48. The van der Waals surface area contributed by atoms with Crippen LogP contribution in [0.4, 0.5) is 0 Å². The van der Waals surface area contributed by atoms with E-state index in [0.29, 0.717) is 18.0 Å². The van der Waals surface area contributed by atoms with E-state index in [1.807, 2.05) is 7.05 Å². The maximum absolute atomic E-state index is 4.41. The van der Waals surface area contributed by atoms with Gasteiger partial charge in [0.1, 0.15) is 0 Å². The summed E-state index contributed by atoms with van der Waals surface area (Å²) >= 11 is 0. The fourth-order valence-electron chi connectivity index (χ4n) is 3.53. The normalized spacial score (nSPS) is 32.6. The molecule has 0 aromatic heterocycles. The molecule has 4 unspecified atom stereocenters. The van der Waals surface area contributed by atoms with Crippen LogP contribution in [0.5, 0.6) is 0 Å². The Morgan fingerprint density at radius 1 is 1.10 bits per heavy atom. The van der Waals surface area contributed by atoms with Gasteiger partial charge in [-0.05, 0) is 30.7 Å². The first-order chi connectivity index (χ1) is 10.3. The van der Waals surface area contributed by atoms with Gasteiger partial charge in [0.05, 0.1) is 0 Å². The van der Waals surface area contributed by atoms with Gasteiger partial charge in [-0.15, -0.1) is 0 Å². The fraction of sp³-hybridized carbons (Fsp3) is 0.611. The standard InChI is InChI=1S/C18H27N3/c1-13-7-6-10-15(11-13)20-18(19-2)21-17-12-16(17)14-8-4-3-5-9-14/h3-5,8-9,13,15-17H,6-7,10-12H2,1-2H3,(H2,19,20,21). The van der Waals surface area contributed by atoms with Gasteiger partial charge < -0.3 is 10.6 Å². The zero-order valence-electron chi connectivity index (χ0n) is 13.2. The highest BCUT2D eigenvalue weighted by Gasteiger charge is 2.39. The summed E-state index contributed by atoms with van der Waals surface area (Å²) in [5.74, 6) is 2.47. The molecule has 0 bridgehead atoms. The van der Waals surface area contributed by atoms with Gasteiger partial charge >= 0.3 is 0 Å². The Balaban J connectivity index is 1.50. The number of guanidine groups is 1. The molecule has 2 fully saturated rings. The third-order valence-electron chi connectivity index (χ3n) is 4.84. The largest absolute Gasteiger partial charge is 0.354 e. The van der Waals surface area contributed by atoms with Gasteiger partial charge in [-0.2, -0.15) is 0 Å². The molecule has 3 nitrogen and oxygen atoms in total. The Morgan fingerprint density at radius 2 is 1.90 bits per heavy atom. The highest BCUT2D eigenvalue weighted by atomic mass is 15.2. The smallest absolute Gasteiger partial charge is 0.191 e. The van der Waals surface area contributed by atoms with Crippen LogP contribution in [0.2, 0.25) is 0 Å². The highest BCUT2D eigenvalue weighted by molar-refractivity contribution is 5.80. The topological polar surface area (TPSA) is 36.4 Å². The minimum absolute atomic E-state index is 0.541. The van der Waals surface area contributed by atoms with E-state index in [9.17, 15) is 0 Å².